The molecule has 1 unspecified atom stereocenters. The van der Waals surface area contributed by atoms with Crippen molar-refractivity contribution in [2.24, 2.45) is 0 Å². The van der Waals surface area contributed by atoms with Crippen molar-refractivity contribution in [3.05, 3.63) is 77.0 Å². The van der Waals surface area contributed by atoms with Gasteiger partial charge in [0.05, 0.1) is 45.4 Å². The molecule has 1 aliphatic rings. The SMILES string of the molecule is CCc1ccc(-c2cc(C(=O)Nc3cccc(C(F)(F)F)c3)c3c(C)nn(C4CCS(=O)(=O)C4)c3n2)cc1. The predicted molar refractivity (Wildman–Crippen MR) is 139 cm³/mol. The molecule has 1 saturated heterocycles. The van der Waals surface area contributed by atoms with E-state index in [9.17, 15) is 26.4 Å². The van der Waals surface area contributed by atoms with Gasteiger partial charge in [-0.15, -0.1) is 0 Å². The smallest absolute Gasteiger partial charge is 0.322 e. The third-order valence-electron chi connectivity index (χ3n) is 6.74. The van der Waals surface area contributed by atoms with Gasteiger partial charge in [0.1, 0.15) is 0 Å². The molecule has 1 atom stereocenters. The maximum atomic E-state index is 13.5. The summed E-state index contributed by atoms with van der Waals surface area (Å²) in [6.07, 6.45) is -3.33. The first kappa shape index (κ1) is 25.9. The number of amides is 1. The van der Waals surface area contributed by atoms with Crippen LogP contribution in [0.2, 0.25) is 0 Å². The summed E-state index contributed by atoms with van der Waals surface area (Å²) in [5.41, 5.74) is 2.46. The number of carbonyl (C=O) groups excluding carboxylic acids is 1. The van der Waals surface area contributed by atoms with Gasteiger partial charge in [0.25, 0.3) is 5.91 Å². The van der Waals surface area contributed by atoms with E-state index in [0.29, 0.717) is 28.8 Å². The summed E-state index contributed by atoms with van der Waals surface area (Å²) >= 11 is 0. The molecule has 0 radical (unpaired) electrons. The van der Waals surface area contributed by atoms with Crippen LogP contribution in [-0.2, 0) is 22.4 Å². The highest BCUT2D eigenvalue weighted by atomic mass is 32.2. The number of hydrogen-bond donors (Lipinski definition) is 1. The highest BCUT2D eigenvalue weighted by molar-refractivity contribution is 7.91. The van der Waals surface area contributed by atoms with Gasteiger partial charge >= 0.3 is 6.18 Å². The van der Waals surface area contributed by atoms with E-state index < -0.39 is 33.5 Å². The summed E-state index contributed by atoms with van der Waals surface area (Å²) in [4.78, 5) is 18.3. The number of aromatic nitrogens is 3. The predicted octanol–water partition coefficient (Wildman–Crippen LogP) is 5.60. The van der Waals surface area contributed by atoms with Crippen LogP contribution in [0.25, 0.3) is 22.3 Å². The lowest BCUT2D eigenvalue weighted by molar-refractivity contribution is -0.137. The topological polar surface area (TPSA) is 94.0 Å². The van der Waals surface area contributed by atoms with Crippen LogP contribution in [0.3, 0.4) is 0 Å². The van der Waals surface area contributed by atoms with Crippen LogP contribution in [-0.4, -0.2) is 40.6 Å². The monoisotopic (exact) mass is 542 g/mol. The van der Waals surface area contributed by atoms with Crippen molar-refractivity contribution in [2.45, 2.75) is 38.9 Å². The number of nitrogens with zero attached hydrogens (tertiary/aromatic N) is 3. The molecule has 1 amide bonds. The van der Waals surface area contributed by atoms with Gasteiger partial charge in [-0.05, 0) is 49.6 Å². The number of sulfone groups is 1. The maximum absolute atomic E-state index is 13.5. The Labute approximate surface area is 217 Å². The van der Waals surface area contributed by atoms with E-state index in [-0.39, 0.29) is 22.8 Å². The lowest BCUT2D eigenvalue weighted by Gasteiger charge is -2.13. The van der Waals surface area contributed by atoms with E-state index in [0.717, 1.165) is 29.7 Å². The number of anilines is 1. The van der Waals surface area contributed by atoms with E-state index in [1.54, 1.807) is 17.7 Å². The molecule has 0 spiro atoms. The second kappa shape index (κ2) is 9.54. The molecule has 2 aromatic carbocycles. The Bertz CT molecular complexity index is 1640. The number of aryl methyl sites for hydroxylation is 2. The van der Waals surface area contributed by atoms with Crippen LogP contribution in [0.15, 0.2) is 54.6 Å². The van der Waals surface area contributed by atoms with Crippen molar-refractivity contribution in [1.82, 2.24) is 14.8 Å². The normalized spacial score (nSPS) is 17.1. The van der Waals surface area contributed by atoms with E-state index in [1.165, 1.54) is 12.1 Å². The molecule has 0 saturated carbocycles. The van der Waals surface area contributed by atoms with E-state index in [2.05, 4.69) is 10.4 Å². The molecule has 198 valence electrons. The number of pyridine rings is 1. The van der Waals surface area contributed by atoms with Crippen LogP contribution < -0.4 is 5.32 Å². The fourth-order valence-electron chi connectivity index (χ4n) is 4.75. The third kappa shape index (κ3) is 5.02. The minimum absolute atomic E-state index is 0.00410. The first-order valence-electron chi connectivity index (χ1n) is 12.1. The van der Waals surface area contributed by atoms with Gasteiger partial charge in [0.2, 0.25) is 0 Å². The lowest BCUT2D eigenvalue weighted by Crippen LogP contribution is -2.15. The molecule has 1 aliphatic heterocycles. The average Bonchev–Trinajstić information content (AvgIpc) is 3.41. The summed E-state index contributed by atoms with van der Waals surface area (Å²) in [6, 6.07) is 13.3. The average molecular weight is 543 g/mol. The van der Waals surface area contributed by atoms with Crippen molar-refractivity contribution >= 4 is 32.5 Å². The van der Waals surface area contributed by atoms with Gasteiger partial charge in [-0.2, -0.15) is 18.3 Å². The number of hydrogen-bond acceptors (Lipinski definition) is 5. The molecule has 1 fully saturated rings. The van der Waals surface area contributed by atoms with Gasteiger partial charge in [-0.1, -0.05) is 37.3 Å². The molecule has 4 aromatic rings. The first-order chi connectivity index (χ1) is 17.9. The largest absolute Gasteiger partial charge is 0.416 e. The minimum Gasteiger partial charge on any atom is -0.322 e. The number of benzene rings is 2. The van der Waals surface area contributed by atoms with Gasteiger partial charge in [-0.25, -0.2) is 18.1 Å². The zero-order chi connectivity index (χ0) is 27.2. The Morgan fingerprint density at radius 3 is 2.50 bits per heavy atom. The van der Waals surface area contributed by atoms with Crippen molar-refractivity contribution in [1.29, 1.82) is 0 Å². The number of halogens is 3. The zero-order valence-corrected chi connectivity index (χ0v) is 21.5. The standard InChI is InChI=1S/C27H25F3N4O3S/c1-3-17-7-9-18(10-8-17)23-14-22(26(35)31-20-6-4-5-19(13-20)27(28,29)30)24-16(2)33-34(25(24)32-23)21-11-12-38(36,37)15-21/h4-10,13-14,21H,3,11-12,15H2,1-2H3,(H,31,35). The summed E-state index contributed by atoms with van der Waals surface area (Å²) < 4.78 is 65.6. The molecular weight excluding hydrogens is 517 g/mol. The maximum Gasteiger partial charge on any atom is 0.416 e. The van der Waals surface area contributed by atoms with E-state index in [1.807, 2.05) is 31.2 Å². The number of alkyl halides is 3. The molecule has 38 heavy (non-hydrogen) atoms. The number of rotatable bonds is 5. The summed E-state index contributed by atoms with van der Waals surface area (Å²) in [5.74, 6) is -0.657. The summed E-state index contributed by atoms with van der Waals surface area (Å²) in [5, 5.41) is 7.56. The number of carbonyl (C=O) groups is 1. The van der Waals surface area contributed by atoms with E-state index in [4.69, 9.17) is 4.98 Å². The number of nitrogens with one attached hydrogen (secondary N) is 1. The highest BCUT2D eigenvalue weighted by Gasteiger charge is 2.33. The minimum atomic E-state index is -4.55. The van der Waals surface area contributed by atoms with Gasteiger partial charge in [0, 0.05) is 11.3 Å². The molecule has 1 N–H and O–H groups in total. The fourth-order valence-corrected chi connectivity index (χ4v) is 6.44. The second-order valence-corrected chi connectivity index (χ2v) is 11.7. The van der Waals surface area contributed by atoms with Crippen LogP contribution in [0.4, 0.5) is 18.9 Å². The summed E-state index contributed by atoms with van der Waals surface area (Å²) in [6.45, 7) is 3.73. The molecule has 0 bridgehead atoms. The highest BCUT2D eigenvalue weighted by Crippen LogP contribution is 2.34. The Hall–Kier alpha value is -3.73. The number of fused-ring (bicyclic) bond motifs is 1. The lowest BCUT2D eigenvalue weighted by atomic mass is 10.0. The quantitative estimate of drug-likeness (QED) is 0.354. The molecule has 3 heterocycles. The van der Waals surface area contributed by atoms with Crippen LogP contribution in [0, 0.1) is 6.92 Å². The Kier molecular flexibility index (Phi) is 6.50. The van der Waals surface area contributed by atoms with Crippen LogP contribution in [0.5, 0.6) is 0 Å². The van der Waals surface area contributed by atoms with Gasteiger partial charge < -0.3 is 5.32 Å². The molecule has 2 aromatic heterocycles. The van der Waals surface area contributed by atoms with Crippen LogP contribution >= 0.6 is 0 Å². The second-order valence-electron chi connectivity index (χ2n) is 9.42. The molecule has 5 rings (SSSR count). The van der Waals surface area contributed by atoms with Crippen molar-refractivity contribution in [3.63, 3.8) is 0 Å². The molecule has 7 nitrogen and oxygen atoms in total. The Morgan fingerprint density at radius 2 is 1.87 bits per heavy atom. The van der Waals surface area contributed by atoms with Gasteiger partial charge in [-0.3, -0.25) is 4.79 Å². The van der Waals surface area contributed by atoms with Gasteiger partial charge in [0.15, 0.2) is 15.5 Å². The summed E-state index contributed by atoms with van der Waals surface area (Å²) in [7, 11) is -3.22. The van der Waals surface area contributed by atoms with Crippen molar-refractivity contribution in [3.8, 4) is 11.3 Å². The Morgan fingerprint density at radius 1 is 1.13 bits per heavy atom. The van der Waals surface area contributed by atoms with E-state index >= 15 is 0 Å². The van der Waals surface area contributed by atoms with Crippen LogP contribution in [0.1, 0.15) is 46.6 Å². The molecular formula is C27H25F3N4O3S. The molecule has 11 heteroatoms. The zero-order valence-electron chi connectivity index (χ0n) is 20.7. The third-order valence-corrected chi connectivity index (χ3v) is 8.49. The van der Waals surface area contributed by atoms with Crippen molar-refractivity contribution in [2.75, 3.05) is 16.8 Å². The fraction of sp³-hybridized carbons (Fsp3) is 0.296. The first-order valence-corrected chi connectivity index (χ1v) is 14.0. The van der Waals surface area contributed by atoms with Crippen molar-refractivity contribution < 1.29 is 26.4 Å². The molecule has 0 aliphatic carbocycles. The Balaban J connectivity index is 1.64.